The van der Waals surface area contributed by atoms with Crippen molar-refractivity contribution in [3.63, 3.8) is 0 Å². The Morgan fingerprint density at radius 2 is 0.744 bits per heavy atom. The van der Waals surface area contributed by atoms with Gasteiger partial charge >= 0.3 is 0 Å². The lowest BCUT2D eigenvalue weighted by Gasteiger charge is -2.26. The quantitative estimate of drug-likeness (QED) is 0.185. The van der Waals surface area contributed by atoms with Gasteiger partial charge in [-0.15, -0.1) is 0 Å². The van der Waals surface area contributed by atoms with E-state index in [9.17, 15) is 0 Å². The summed E-state index contributed by atoms with van der Waals surface area (Å²) < 4.78 is 10.8. The molecular weight excluding hydrogens is 528 g/mol. The van der Waals surface area contributed by atoms with Gasteiger partial charge in [0.15, 0.2) is 0 Å². The predicted octanol–water partition coefficient (Wildman–Crippen LogP) is 10.2. The Bertz CT molecular complexity index is 1710. The predicted molar refractivity (Wildman–Crippen MR) is 177 cm³/mol. The molecule has 0 saturated heterocycles. The summed E-state index contributed by atoms with van der Waals surface area (Å²) in [7, 11) is 3.40. The maximum Gasteiger partial charge on any atom is 0.119 e. The van der Waals surface area contributed by atoms with E-state index in [-0.39, 0.29) is 0 Å². The fraction of sp³-hybridized carbons (Fsp3) is 0.0769. The van der Waals surface area contributed by atoms with Crippen molar-refractivity contribution in [1.82, 2.24) is 0 Å². The first kappa shape index (κ1) is 26.4. The Morgan fingerprint density at radius 1 is 0.395 bits per heavy atom. The van der Waals surface area contributed by atoms with Crippen LogP contribution in [0.2, 0.25) is 0 Å². The summed E-state index contributed by atoms with van der Waals surface area (Å²) in [5.41, 5.74) is 11.9. The number of rotatable bonds is 8. The first-order valence-electron chi connectivity index (χ1n) is 14.5. The normalized spacial score (nSPS) is 11.4. The summed E-state index contributed by atoms with van der Waals surface area (Å²) in [6.07, 6.45) is 0.878. The molecule has 1 aliphatic carbocycles. The van der Waals surface area contributed by atoms with Crippen LogP contribution in [-0.2, 0) is 6.42 Å². The molecule has 1 aliphatic rings. The Labute approximate surface area is 253 Å². The van der Waals surface area contributed by atoms with E-state index in [2.05, 4.69) is 131 Å². The molecule has 4 heteroatoms. The van der Waals surface area contributed by atoms with E-state index < -0.39 is 0 Å². The minimum atomic E-state index is 0.844. The smallest absolute Gasteiger partial charge is 0.119 e. The number of hydrogen-bond donors (Lipinski definition) is 0. The molecule has 0 unspecified atom stereocenters. The molecule has 0 atom stereocenters. The van der Waals surface area contributed by atoms with Crippen molar-refractivity contribution in [2.75, 3.05) is 24.0 Å². The molecule has 0 amide bonds. The van der Waals surface area contributed by atoms with E-state index in [1.807, 2.05) is 24.3 Å². The van der Waals surface area contributed by atoms with Crippen LogP contribution in [0.5, 0.6) is 11.5 Å². The number of para-hydroxylation sites is 2. The number of anilines is 6. The van der Waals surface area contributed by atoms with E-state index in [0.29, 0.717) is 0 Å². The van der Waals surface area contributed by atoms with Crippen molar-refractivity contribution in [2.24, 2.45) is 0 Å². The zero-order chi connectivity index (χ0) is 29.2. The minimum Gasteiger partial charge on any atom is -0.497 e. The van der Waals surface area contributed by atoms with Gasteiger partial charge in [0, 0.05) is 34.1 Å². The number of hydrogen-bond acceptors (Lipinski definition) is 4. The first-order chi connectivity index (χ1) is 21.2. The van der Waals surface area contributed by atoms with Gasteiger partial charge in [0.25, 0.3) is 0 Å². The molecule has 43 heavy (non-hydrogen) atoms. The lowest BCUT2D eigenvalue weighted by Crippen LogP contribution is -2.10. The maximum atomic E-state index is 5.42. The highest BCUT2D eigenvalue weighted by Gasteiger charge is 2.23. The van der Waals surface area contributed by atoms with Crippen LogP contribution in [0.25, 0.3) is 11.1 Å². The van der Waals surface area contributed by atoms with E-state index in [1.165, 1.54) is 22.3 Å². The Hall–Kier alpha value is -5.48. The van der Waals surface area contributed by atoms with E-state index in [1.54, 1.807) is 14.2 Å². The van der Waals surface area contributed by atoms with Crippen LogP contribution in [0.1, 0.15) is 11.1 Å². The largest absolute Gasteiger partial charge is 0.497 e. The molecule has 0 radical (unpaired) electrons. The fourth-order valence-electron chi connectivity index (χ4n) is 5.97. The van der Waals surface area contributed by atoms with Gasteiger partial charge in [-0.3, -0.25) is 0 Å². The molecule has 7 rings (SSSR count). The van der Waals surface area contributed by atoms with Gasteiger partial charge in [0.05, 0.1) is 14.2 Å². The fourth-order valence-corrected chi connectivity index (χ4v) is 5.97. The van der Waals surface area contributed by atoms with Gasteiger partial charge < -0.3 is 19.3 Å². The van der Waals surface area contributed by atoms with E-state index >= 15 is 0 Å². The van der Waals surface area contributed by atoms with Crippen LogP contribution in [0.15, 0.2) is 146 Å². The molecule has 0 heterocycles. The molecule has 6 aromatic rings. The van der Waals surface area contributed by atoms with Crippen molar-refractivity contribution in [3.8, 4) is 22.6 Å². The number of nitrogens with zero attached hydrogens (tertiary/aromatic N) is 2. The molecule has 0 N–H and O–H groups in total. The average Bonchev–Trinajstić information content (AvgIpc) is 3.44. The van der Waals surface area contributed by atoms with Crippen LogP contribution in [0, 0.1) is 0 Å². The van der Waals surface area contributed by atoms with Crippen molar-refractivity contribution >= 4 is 34.1 Å². The van der Waals surface area contributed by atoms with Crippen molar-refractivity contribution < 1.29 is 9.47 Å². The second-order valence-electron chi connectivity index (χ2n) is 10.6. The summed E-state index contributed by atoms with van der Waals surface area (Å²) in [5.74, 6) is 1.69. The number of fused-ring (bicyclic) bond motifs is 3. The van der Waals surface area contributed by atoms with Crippen molar-refractivity contribution in [2.45, 2.75) is 6.42 Å². The van der Waals surface area contributed by atoms with E-state index in [4.69, 9.17) is 9.47 Å². The topological polar surface area (TPSA) is 24.9 Å². The monoisotopic (exact) mass is 560 g/mol. The summed E-state index contributed by atoms with van der Waals surface area (Å²) in [6, 6.07) is 51.2. The van der Waals surface area contributed by atoms with Gasteiger partial charge in [-0.1, -0.05) is 48.5 Å². The summed E-state index contributed by atoms with van der Waals surface area (Å²) >= 11 is 0. The number of benzene rings is 6. The van der Waals surface area contributed by atoms with Gasteiger partial charge in [0.2, 0.25) is 0 Å². The molecule has 6 aromatic carbocycles. The van der Waals surface area contributed by atoms with Crippen molar-refractivity contribution in [1.29, 1.82) is 0 Å². The average molecular weight is 561 g/mol. The minimum absolute atomic E-state index is 0.844. The lowest BCUT2D eigenvalue weighted by molar-refractivity contribution is 0.414. The second kappa shape index (κ2) is 11.4. The highest BCUT2D eigenvalue weighted by molar-refractivity contribution is 5.86. The number of ether oxygens (including phenoxy) is 2. The Kier molecular flexibility index (Phi) is 7.02. The third kappa shape index (κ3) is 5.08. The van der Waals surface area contributed by atoms with Crippen LogP contribution in [0.3, 0.4) is 0 Å². The summed E-state index contributed by atoms with van der Waals surface area (Å²) in [4.78, 5) is 4.60. The first-order valence-corrected chi connectivity index (χ1v) is 14.5. The third-order valence-electron chi connectivity index (χ3n) is 8.06. The van der Waals surface area contributed by atoms with Gasteiger partial charge in [-0.25, -0.2) is 0 Å². The second-order valence-corrected chi connectivity index (χ2v) is 10.6. The molecule has 4 nitrogen and oxygen atoms in total. The Morgan fingerprint density at radius 3 is 1.12 bits per heavy atom. The molecule has 0 saturated carbocycles. The third-order valence-corrected chi connectivity index (χ3v) is 8.06. The summed E-state index contributed by atoms with van der Waals surface area (Å²) in [6.45, 7) is 0. The highest BCUT2D eigenvalue weighted by Crippen LogP contribution is 2.44. The van der Waals surface area contributed by atoms with Gasteiger partial charge in [-0.2, -0.15) is 0 Å². The Balaban J connectivity index is 1.26. The van der Waals surface area contributed by atoms with Crippen LogP contribution in [0.4, 0.5) is 34.1 Å². The van der Waals surface area contributed by atoms with Crippen LogP contribution >= 0.6 is 0 Å². The lowest BCUT2D eigenvalue weighted by atomic mass is 10.0. The zero-order valence-corrected chi connectivity index (χ0v) is 24.3. The van der Waals surface area contributed by atoms with E-state index in [0.717, 1.165) is 52.0 Å². The standard InChI is InChI=1S/C39H32N2O2/c1-42-36-19-13-32(14-20-36)40(30-9-5-3-6-10-30)34-17-23-38-28(26-34)25-29-27-35(18-24-39(29)38)41(31-11-7-4-8-12-31)33-15-21-37(43-2)22-16-33/h3-24,26-27H,25H2,1-2H3. The molecule has 0 fully saturated rings. The molecule has 0 bridgehead atoms. The van der Waals surface area contributed by atoms with Gasteiger partial charge in [-0.05, 0) is 126 Å². The van der Waals surface area contributed by atoms with Crippen molar-refractivity contribution in [3.05, 3.63) is 157 Å². The molecular formula is C39H32N2O2. The highest BCUT2D eigenvalue weighted by atomic mass is 16.5. The molecule has 0 aromatic heterocycles. The van der Waals surface area contributed by atoms with Crippen LogP contribution in [-0.4, -0.2) is 14.2 Å². The van der Waals surface area contributed by atoms with Crippen LogP contribution < -0.4 is 19.3 Å². The van der Waals surface area contributed by atoms with Gasteiger partial charge in [0.1, 0.15) is 11.5 Å². The zero-order valence-electron chi connectivity index (χ0n) is 24.3. The summed E-state index contributed by atoms with van der Waals surface area (Å²) in [5, 5.41) is 0. The molecule has 0 spiro atoms. The molecule has 0 aliphatic heterocycles. The maximum absolute atomic E-state index is 5.42. The number of methoxy groups -OCH3 is 2. The SMILES string of the molecule is COc1ccc(N(c2ccccc2)c2ccc3c(c2)Cc2cc(N(c4ccccc4)c4ccc(OC)cc4)ccc2-3)cc1. The molecule has 210 valence electrons.